The fourth-order valence-electron chi connectivity index (χ4n) is 1.95. The first-order valence-electron chi connectivity index (χ1n) is 5.86. The van der Waals surface area contributed by atoms with Gasteiger partial charge in [0.2, 0.25) is 0 Å². The van der Waals surface area contributed by atoms with Gasteiger partial charge >= 0.3 is 0 Å². The molecule has 1 aliphatic carbocycles. The quantitative estimate of drug-likeness (QED) is 0.822. The second-order valence-corrected chi connectivity index (χ2v) is 5.08. The number of anilines is 1. The van der Waals surface area contributed by atoms with Crippen LogP contribution < -0.4 is 5.73 Å². The summed E-state index contributed by atoms with van der Waals surface area (Å²) in [6.45, 7) is 3.74. The summed E-state index contributed by atoms with van der Waals surface area (Å²) in [6, 6.07) is 3.14. The molecule has 18 heavy (non-hydrogen) atoms. The van der Waals surface area contributed by atoms with Gasteiger partial charge in [0.1, 0.15) is 5.82 Å². The molecular formula is C12H14FN5. The van der Waals surface area contributed by atoms with Crippen molar-refractivity contribution in [2.24, 2.45) is 0 Å². The van der Waals surface area contributed by atoms with Gasteiger partial charge in [0.25, 0.3) is 0 Å². The van der Waals surface area contributed by atoms with Crippen molar-refractivity contribution in [3.05, 3.63) is 23.5 Å². The van der Waals surface area contributed by atoms with Gasteiger partial charge in [-0.05, 0) is 49.2 Å². The minimum absolute atomic E-state index is 0.0328. The van der Waals surface area contributed by atoms with E-state index in [9.17, 15) is 4.39 Å². The summed E-state index contributed by atoms with van der Waals surface area (Å²) < 4.78 is 15.5. The zero-order valence-electron chi connectivity index (χ0n) is 10.3. The van der Waals surface area contributed by atoms with Crippen molar-refractivity contribution in [3.63, 3.8) is 0 Å². The van der Waals surface area contributed by atoms with Crippen molar-refractivity contribution in [1.82, 2.24) is 20.2 Å². The minimum Gasteiger partial charge on any atom is -0.398 e. The Balaban J connectivity index is 2.13. The van der Waals surface area contributed by atoms with E-state index in [1.165, 1.54) is 6.07 Å². The van der Waals surface area contributed by atoms with Crippen LogP contribution in [0.4, 0.5) is 10.1 Å². The lowest BCUT2D eigenvalue weighted by Gasteiger charge is -2.12. The number of nitrogen functional groups attached to an aromatic ring is 1. The highest BCUT2D eigenvalue weighted by atomic mass is 19.1. The van der Waals surface area contributed by atoms with Gasteiger partial charge in [-0.3, -0.25) is 0 Å². The average molecular weight is 247 g/mol. The summed E-state index contributed by atoms with van der Waals surface area (Å²) in [5.41, 5.74) is 7.24. The van der Waals surface area contributed by atoms with Crippen molar-refractivity contribution >= 4 is 5.69 Å². The second-order valence-electron chi connectivity index (χ2n) is 5.08. The average Bonchev–Trinajstić information content (AvgIpc) is 2.90. The fraction of sp³-hybridized carbons (Fsp3) is 0.417. The van der Waals surface area contributed by atoms with Crippen LogP contribution in [0.3, 0.4) is 0 Å². The van der Waals surface area contributed by atoms with Gasteiger partial charge < -0.3 is 5.73 Å². The van der Waals surface area contributed by atoms with Crippen LogP contribution >= 0.6 is 0 Å². The van der Waals surface area contributed by atoms with E-state index in [2.05, 4.69) is 22.4 Å². The van der Waals surface area contributed by atoms with E-state index in [0.29, 0.717) is 22.6 Å². The van der Waals surface area contributed by atoms with Crippen LogP contribution in [0, 0.1) is 12.7 Å². The van der Waals surface area contributed by atoms with Gasteiger partial charge in [0, 0.05) is 16.8 Å². The molecule has 0 radical (unpaired) electrons. The Morgan fingerprint density at radius 3 is 2.72 bits per heavy atom. The Morgan fingerprint density at radius 2 is 2.11 bits per heavy atom. The van der Waals surface area contributed by atoms with Crippen molar-refractivity contribution in [2.75, 3.05) is 5.73 Å². The Labute approximate surface area is 104 Å². The summed E-state index contributed by atoms with van der Waals surface area (Å²) in [6.07, 6.45) is 2.07. The molecule has 6 heteroatoms. The lowest BCUT2D eigenvalue weighted by Crippen LogP contribution is -2.15. The summed E-state index contributed by atoms with van der Waals surface area (Å²) >= 11 is 0. The van der Waals surface area contributed by atoms with Gasteiger partial charge in [-0.25, -0.2) is 9.07 Å². The van der Waals surface area contributed by atoms with E-state index in [0.717, 1.165) is 12.8 Å². The van der Waals surface area contributed by atoms with Gasteiger partial charge in [0.15, 0.2) is 5.82 Å². The number of aromatic nitrogens is 4. The first kappa shape index (κ1) is 11.1. The number of nitrogens with two attached hydrogens (primary N) is 1. The molecule has 0 atom stereocenters. The lowest BCUT2D eigenvalue weighted by atomic mass is 10.1. The van der Waals surface area contributed by atoms with Crippen LogP contribution in [0.15, 0.2) is 12.1 Å². The van der Waals surface area contributed by atoms with Crippen molar-refractivity contribution < 1.29 is 4.39 Å². The van der Waals surface area contributed by atoms with E-state index >= 15 is 0 Å². The molecule has 5 nitrogen and oxygen atoms in total. The molecule has 0 bridgehead atoms. The van der Waals surface area contributed by atoms with Gasteiger partial charge in [-0.15, -0.1) is 5.10 Å². The maximum atomic E-state index is 13.7. The molecule has 3 rings (SSSR count). The minimum atomic E-state index is -0.333. The predicted molar refractivity (Wildman–Crippen MR) is 65.2 cm³/mol. The maximum absolute atomic E-state index is 13.7. The summed E-state index contributed by atoms with van der Waals surface area (Å²) in [5, 5.41) is 11.7. The third kappa shape index (κ3) is 1.56. The van der Waals surface area contributed by atoms with E-state index in [4.69, 9.17) is 5.73 Å². The molecule has 0 aliphatic heterocycles. The third-order valence-corrected chi connectivity index (χ3v) is 3.60. The molecule has 1 aromatic carbocycles. The monoisotopic (exact) mass is 247 g/mol. The number of tetrazole rings is 1. The van der Waals surface area contributed by atoms with E-state index in [1.54, 1.807) is 17.7 Å². The number of hydrogen-bond donors (Lipinski definition) is 1. The van der Waals surface area contributed by atoms with Crippen molar-refractivity contribution in [1.29, 1.82) is 0 Å². The van der Waals surface area contributed by atoms with Crippen LogP contribution in [0.25, 0.3) is 11.4 Å². The Bertz CT molecular complexity index is 592. The normalized spacial score (nSPS) is 16.8. The van der Waals surface area contributed by atoms with Crippen LogP contribution in [0.2, 0.25) is 0 Å². The highest BCUT2D eigenvalue weighted by molar-refractivity contribution is 5.64. The first-order valence-corrected chi connectivity index (χ1v) is 5.86. The fourth-order valence-corrected chi connectivity index (χ4v) is 1.95. The Kier molecular flexibility index (Phi) is 2.17. The molecule has 1 aromatic heterocycles. The number of benzene rings is 1. The summed E-state index contributed by atoms with van der Waals surface area (Å²) in [4.78, 5) is 0. The molecule has 94 valence electrons. The molecule has 0 amide bonds. The molecule has 2 aromatic rings. The molecule has 1 fully saturated rings. The SMILES string of the molecule is Cc1c(N)cc(-c2nnnn2C2(C)CC2)cc1F. The van der Waals surface area contributed by atoms with Crippen molar-refractivity contribution in [2.45, 2.75) is 32.2 Å². The highest BCUT2D eigenvalue weighted by Crippen LogP contribution is 2.44. The Hall–Kier alpha value is -1.98. The number of hydrogen-bond acceptors (Lipinski definition) is 4. The Morgan fingerprint density at radius 1 is 1.39 bits per heavy atom. The van der Waals surface area contributed by atoms with E-state index in [-0.39, 0.29) is 11.4 Å². The van der Waals surface area contributed by atoms with Gasteiger partial charge in [0.05, 0.1) is 5.54 Å². The maximum Gasteiger partial charge on any atom is 0.182 e. The molecule has 1 aliphatic rings. The smallest absolute Gasteiger partial charge is 0.182 e. The molecule has 2 N–H and O–H groups in total. The van der Waals surface area contributed by atoms with Crippen LogP contribution in [-0.4, -0.2) is 20.2 Å². The predicted octanol–water partition coefficient (Wildman–Crippen LogP) is 1.88. The van der Waals surface area contributed by atoms with Crippen LogP contribution in [0.1, 0.15) is 25.3 Å². The lowest BCUT2D eigenvalue weighted by molar-refractivity contribution is 0.463. The van der Waals surface area contributed by atoms with Crippen LogP contribution in [-0.2, 0) is 5.54 Å². The second kappa shape index (κ2) is 3.51. The number of nitrogens with zero attached hydrogens (tertiary/aromatic N) is 4. The molecular weight excluding hydrogens is 233 g/mol. The largest absolute Gasteiger partial charge is 0.398 e. The van der Waals surface area contributed by atoms with Crippen molar-refractivity contribution in [3.8, 4) is 11.4 Å². The summed E-state index contributed by atoms with van der Waals surface area (Å²) in [5.74, 6) is 0.237. The number of halogens is 1. The topological polar surface area (TPSA) is 69.6 Å². The molecule has 0 spiro atoms. The number of rotatable bonds is 2. The van der Waals surface area contributed by atoms with E-state index in [1.807, 2.05) is 0 Å². The van der Waals surface area contributed by atoms with Crippen LogP contribution in [0.5, 0.6) is 0 Å². The zero-order valence-corrected chi connectivity index (χ0v) is 10.3. The van der Waals surface area contributed by atoms with Gasteiger partial charge in [-0.2, -0.15) is 0 Å². The molecule has 1 saturated carbocycles. The third-order valence-electron chi connectivity index (χ3n) is 3.60. The zero-order chi connectivity index (χ0) is 12.9. The molecule has 0 unspecified atom stereocenters. The van der Waals surface area contributed by atoms with Gasteiger partial charge in [-0.1, -0.05) is 0 Å². The standard InChI is InChI=1S/C12H14FN5/c1-7-9(13)5-8(6-10(7)14)11-15-16-17-18(11)12(2)3-4-12/h5-6H,3-4,14H2,1-2H3. The highest BCUT2D eigenvalue weighted by Gasteiger charge is 2.42. The first-order chi connectivity index (χ1) is 8.51. The summed E-state index contributed by atoms with van der Waals surface area (Å²) in [7, 11) is 0. The molecule has 0 saturated heterocycles. The van der Waals surface area contributed by atoms with E-state index < -0.39 is 0 Å². The molecule has 1 heterocycles.